The zero-order valence-electron chi connectivity index (χ0n) is 74.5. The molecule has 110 heavy (non-hydrogen) atoms. The SMILES string of the molecule is CC(C)(C)c1ccc2c(c1)CCO2.CC(C)(C)c1ccc2c(c1)OCO2.CC(C)(C)c1ccc2occc2c1.CC(C)Oc1ccc(C(C)(C)C)cc1.CCOC1CCC(C(C)(C)C)CC1.COc1cc(C(C)(C)C)cc(OC)c1OC.COc1ccc(C(C)(C)C)c(OC)c1.COc1ccc(C(C)(C)C)cc1OC. The van der Waals surface area contributed by atoms with Crippen molar-refractivity contribution >= 4 is 11.0 Å². The third-order valence-corrected chi connectivity index (χ3v) is 19.5. The minimum Gasteiger partial charge on any atom is -0.497 e. The summed E-state index contributed by atoms with van der Waals surface area (Å²) >= 11 is 0. The van der Waals surface area contributed by atoms with Crippen molar-refractivity contribution in [1.82, 2.24) is 0 Å². The molecule has 2 aliphatic heterocycles. The number of ether oxygens (including phenoxy) is 12. The van der Waals surface area contributed by atoms with Crippen LogP contribution >= 0.6 is 0 Å². The topological polar surface area (TPSA) is 124 Å². The van der Waals surface area contributed by atoms with Crippen molar-refractivity contribution in [2.75, 3.05) is 69.8 Å². The van der Waals surface area contributed by atoms with E-state index in [1.54, 1.807) is 56.0 Å². The van der Waals surface area contributed by atoms with Crippen LogP contribution in [0.1, 0.15) is 257 Å². The monoisotopic (exact) mass is 1520 g/mol. The standard InChI is InChI=1S/C13H20O3.C13H20O.2C12H18O2.C12H16O.C12H14O.C12H24O.C11H14O2/c1-13(2,3)9-7-10(14-4)12(16-6)11(8-9)15-5;1-10(2)14-12-8-6-11(7-9-12)13(3,4)5;1-12(2,3)10-7-6-9(13-4)8-11(10)14-5;1-12(2,3)9-6-7-10(13-4)11(8-9)14-5;2*1-12(2,3)10-4-5-11-9(8-10)6-7-13-11;1-5-13-11-8-6-10(7-9-11)12(2,3)4;1-11(2,3)8-4-5-9-10(6-8)13-7-12-9/h7-8H,1-6H3;6-10H,1-5H3;2*6-8H,1-5H3;4-5,8H,6-7H2,1-3H3;4-8H,1-3H3;10-11H,5-9H2,1-4H3;4-6H,7H2,1-3H3. The Labute approximate surface area is 666 Å². The molecule has 3 aliphatic rings. The highest BCUT2D eigenvalue weighted by Gasteiger charge is 2.30. The van der Waals surface area contributed by atoms with Gasteiger partial charge in [-0.25, -0.2) is 0 Å². The molecule has 1 aliphatic carbocycles. The summed E-state index contributed by atoms with van der Waals surface area (Å²) in [6.45, 7) is 61.4. The molecular weight excluding hydrogens is 1370 g/mol. The van der Waals surface area contributed by atoms with Crippen molar-refractivity contribution in [3.63, 3.8) is 0 Å². The fourth-order valence-corrected chi connectivity index (χ4v) is 12.3. The van der Waals surface area contributed by atoms with Gasteiger partial charge in [-0.15, -0.1) is 0 Å². The van der Waals surface area contributed by atoms with E-state index >= 15 is 0 Å². The van der Waals surface area contributed by atoms with Gasteiger partial charge in [0, 0.05) is 24.5 Å². The van der Waals surface area contributed by atoms with Gasteiger partial charge in [-0.2, -0.15) is 0 Å². The Morgan fingerprint density at radius 3 is 1.30 bits per heavy atom. The Kier molecular flexibility index (Phi) is 35.5. The highest BCUT2D eigenvalue weighted by molar-refractivity contribution is 5.78. The number of rotatable bonds is 11. The van der Waals surface area contributed by atoms with Gasteiger partial charge in [0.25, 0.3) is 0 Å². The predicted molar refractivity (Wildman–Crippen MR) is 460 cm³/mol. The minimum absolute atomic E-state index is 0.0484. The van der Waals surface area contributed by atoms with E-state index < -0.39 is 0 Å². The highest BCUT2D eigenvalue weighted by Crippen LogP contribution is 2.43. The summed E-state index contributed by atoms with van der Waals surface area (Å²) in [5.74, 6) is 9.98. The molecule has 1 aromatic heterocycles. The van der Waals surface area contributed by atoms with Crippen LogP contribution in [-0.2, 0) is 49.1 Å². The van der Waals surface area contributed by atoms with Gasteiger partial charge in [-0.3, -0.25) is 0 Å². The van der Waals surface area contributed by atoms with Crippen molar-refractivity contribution in [3.8, 4) is 63.2 Å². The van der Waals surface area contributed by atoms with Crippen molar-refractivity contribution in [2.45, 2.75) is 269 Å². The molecule has 1 fully saturated rings. The van der Waals surface area contributed by atoms with Crippen LogP contribution in [0.25, 0.3) is 11.0 Å². The number of hydrogen-bond acceptors (Lipinski definition) is 13. The lowest BCUT2D eigenvalue weighted by Gasteiger charge is -2.36. The molecule has 0 unspecified atom stereocenters. The molecule has 0 saturated heterocycles. The fraction of sp³-hybridized carbons (Fsp3) is 0.546. The van der Waals surface area contributed by atoms with Crippen LogP contribution < -0.4 is 52.1 Å². The maximum absolute atomic E-state index is 5.64. The number of fused-ring (bicyclic) bond motifs is 3. The second-order valence-electron chi connectivity index (χ2n) is 36.9. The van der Waals surface area contributed by atoms with E-state index in [0.717, 1.165) is 82.7 Å². The van der Waals surface area contributed by atoms with Crippen molar-refractivity contribution in [1.29, 1.82) is 0 Å². The van der Waals surface area contributed by atoms with Gasteiger partial charge in [0.05, 0.1) is 74.8 Å². The smallest absolute Gasteiger partial charge is 0.231 e. The van der Waals surface area contributed by atoms with Gasteiger partial charge in [-0.1, -0.05) is 215 Å². The molecule has 610 valence electrons. The molecule has 1 saturated carbocycles. The van der Waals surface area contributed by atoms with Crippen LogP contribution in [0.15, 0.2) is 144 Å². The molecule has 13 nitrogen and oxygen atoms in total. The summed E-state index contributed by atoms with van der Waals surface area (Å²) in [5, 5.41) is 1.19. The Morgan fingerprint density at radius 2 is 0.827 bits per heavy atom. The third kappa shape index (κ3) is 30.2. The molecule has 13 heteroatoms. The van der Waals surface area contributed by atoms with Crippen molar-refractivity contribution in [2.24, 2.45) is 11.3 Å². The van der Waals surface area contributed by atoms with Crippen molar-refractivity contribution in [3.05, 3.63) is 184 Å². The largest absolute Gasteiger partial charge is 0.497 e. The molecule has 8 aromatic rings. The van der Waals surface area contributed by atoms with E-state index in [9.17, 15) is 0 Å². The molecular formula is C97H144O13. The fourth-order valence-electron chi connectivity index (χ4n) is 12.3. The lowest BCUT2D eigenvalue weighted by atomic mass is 9.72. The summed E-state index contributed by atoms with van der Waals surface area (Å²) in [7, 11) is 11.5. The van der Waals surface area contributed by atoms with E-state index in [1.165, 1.54) is 70.0 Å². The molecule has 0 atom stereocenters. The minimum atomic E-state index is 0.0484. The van der Waals surface area contributed by atoms with Crippen LogP contribution in [0.5, 0.6) is 63.2 Å². The molecule has 0 radical (unpaired) electrons. The molecule has 3 heterocycles. The van der Waals surface area contributed by atoms with Crippen LogP contribution in [0.3, 0.4) is 0 Å². The average Bonchev–Trinajstić information content (AvgIpc) is 1.08. The van der Waals surface area contributed by atoms with Crippen LogP contribution in [-0.4, -0.2) is 82.0 Å². The molecule has 0 bridgehead atoms. The van der Waals surface area contributed by atoms with E-state index in [1.807, 2.05) is 80.6 Å². The van der Waals surface area contributed by atoms with Gasteiger partial charge in [-0.05, 0) is 219 Å². The highest BCUT2D eigenvalue weighted by atomic mass is 16.7. The lowest BCUT2D eigenvalue weighted by molar-refractivity contribution is 0.0102. The molecule has 0 amide bonds. The molecule has 0 N–H and O–H groups in total. The zero-order chi connectivity index (χ0) is 83.0. The van der Waals surface area contributed by atoms with Gasteiger partial charge in [0.2, 0.25) is 12.5 Å². The summed E-state index contributed by atoms with van der Waals surface area (Å²) in [6.07, 6.45) is 8.86. The second kappa shape index (κ2) is 41.4. The first-order valence-electron chi connectivity index (χ1n) is 39.3. The summed E-state index contributed by atoms with van der Waals surface area (Å²) < 4.78 is 69.3. The first-order chi connectivity index (χ1) is 51.1. The Bertz CT molecular complexity index is 3920. The maximum Gasteiger partial charge on any atom is 0.231 e. The first-order valence-corrected chi connectivity index (χ1v) is 39.3. The Morgan fingerprint density at radius 1 is 0.373 bits per heavy atom. The van der Waals surface area contributed by atoms with E-state index in [-0.39, 0.29) is 44.0 Å². The maximum atomic E-state index is 5.64. The number of benzene rings is 7. The van der Waals surface area contributed by atoms with Gasteiger partial charge in [0.1, 0.15) is 28.6 Å². The number of furan rings is 1. The zero-order valence-corrected chi connectivity index (χ0v) is 74.5. The van der Waals surface area contributed by atoms with Gasteiger partial charge >= 0.3 is 0 Å². The predicted octanol–water partition coefficient (Wildman–Crippen LogP) is 25.8. The van der Waals surface area contributed by atoms with Crippen molar-refractivity contribution < 1.29 is 61.3 Å². The third-order valence-electron chi connectivity index (χ3n) is 19.5. The summed E-state index contributed by atoms with van der Waals surface area (Å²) in [5.41, 5.74) is 12.9. The first kappa shape index (κ1) is 94.2. The van der Waals surface area contributed by atoms with Crippen LogP contribution in [0, 0.1) is 11.3 Å². The molecule has 11 rings (SSSR count). The summed E-state index contributed by atoms with van der Waals surface area (Å²) in [4.78, 5) is 0. The van der Waals surface area contributed by atoms with Crippen LogP contribution in [0.2, 0.25) is 0 Å². The molecule has 0 spiro atoms. The molecule has 7 aromatic carbocycles. The quantitative estimate of drug-likeness (QED) is 0.122. The van der Waals surface area contributed by atoms with E-state index in [4.69, 9.17) is 61.3 Å². The number of hydrogen-bond donors (Lipinski definition) is 0. The lowest BCUT2D eigenvalue weighted by Crippen LogP contribution is -2.29. The van der Waals surface area contributed by atoms with E-state index in [2.05, 4.69) is 240 Å². The average molecular weight is 1520 g/mol. The van der Waals surface area contributed by atoms with E-state index in [0.29, 0.717) is 35.6 Å². The van der Waals surface area contributed by atoms with Gasteiger partial charge < -0.3 is 61.3 Å². The Balaban J connectivity index is 0.000000265. The summed E-state index contributed by atoms with van der Waals surface area (Å²) in [6, 6.07) is 45.3. The second-order valence-corrected chi connectivity index (χ2v) is 36.9. The van der Waals surface area contributed by atoms with Gasteiger partial charge in [0.15, 0.2) is 34.5 Å². The number of methoxy groups -OCH3 is 7. The Hall–Kier alpha value is -8.16. The normalized spacial score (nSPS) is 14.6. The van der Waals surface area contributed by atoms with Crippen LogP contribution in [0.4, 0.5) is 0 Å².